The SMILES string of the molecule is CC[C@H](C)[C@@]1(NC(C)=O)CCN([C@@H](CCc2ccccc2)C(=O)N[C@@H](Cc2ccccc2)[C@@H](O)CNCc2cccc(OC)c2)C1=O. The van der Waals surface area contributed by atoms with Crippen molar-refractivity contribution in [3.05, 3.63) is 102 Å². The first-order chi connectivity index (χ1) is 22.7. The number of carbonyl (C=O) groups excluding carboxylic acids is 3. The van der Waals surface area contributed by atoms with Crippen LogP contribution in [0.1, 0.15) is 56.7 Å². The van der Waals surface area contributed by atoms with E-state index in [1.165, 1.54) is 6.92 Å². The zero-order valence-electron chi connectivity index (χ0n) is 28.1. The molecule has 0 aliphatic carbocycles. The van der Waals surface area contributed by atoms with Gasteiger partial charge in [-0.05, 0) is 60.4 Å². The Morgan fingerprint density at radius 2 is 1.64 bits per heavy atom. The Morgan fingerprint density at radius 1 is 0.979 bits per heavy atom. The first-order valence-electron chi connectivity index (χ1n) is 16.7. The molecular formula is C38H50N4O5. The van der Waals surface area contributed by atoms with E-state index in [4.69, 9.17) is 4.74 Å². The molecule has 47 heavy (non-hydrogen) atoms. The summed E-state index contributed by atoms with van der Waals surface area (Å²) in [5, 5.41) is 20.9. The first-order valence-corrected chi connectivity index (χ1v) is 16.7. The number of methoxy groups -OCH3 is 1. The third kappa shape index (κ3) is 9.42. The van der Waals surface area contributed by atoms with Crippen LogP contribution in [0.3, 0.4) is 0 Å². The number of rotatable bonds is 17. The van der Waals surface area contributed by atoms with Crippen LogP contribution in [-0.2, 0) is 33.8 Å². The number of nitrogens with zero attached hydrogens (tertiary/aromatic N) is 1. The highest BCUT2D eigenvalue weighted by Crippen LogP contribution is 2.34. The van der Waals surface area contributed by atoms with Gasteiger partial charge in [0.25, 0.3) is 0 Å². The molecule has 1 fully saturated rings. The van der Waals surface area contributed by atoms with Crippen LogP contribution in [0.2, 0.25) is 0 Å². The van der Waals surface area contributed by atoms with Crippen molar-refractivity contribution in [3.63, 3.8) is 0 Å². The highest BCUT2D eigenvalue weighted by Gasteiger charge is 2.53. The Labute approximate surface area is 279 Å². The van der Waals surface area contributed by atoms with Crippen LogP contribution in [0.4, 0.5) is 0 Å². The number of benzene rings is 3. The largest absolute Gasteiger partial charge is 0.497 e. The molecule has 4 N–H and O–H groups in total. The lowest BCUT2D eigenvalue weighted by Gasteiger charge is -2.36. The summed E-state index contributed by atoms with van der Waals surface area (Å²) in [6, 6.07) is 26.0. The van der Waals surface area contributed by atoms with E-state index in [9.17, 15) is 19.5 Å². The average Bonchev–Trinajstić information content (AvgIpc) is 3.40. The summed E-state index contributed by atoms with van der Waals surface area (Å²) in [6.45, 7) is 6.51. The predicted molar refractivity (Wildman–Crippen MR) is 184 cm³/mol. The number of carbonyl (C=O) groups is 3. The van der Waals surface area contributed by atoms with Crippen molar-refractivity contribution in [3.8, 4) is 5.75 Å². The molecule has 0 radical (unpaired) electrons. The fraction of sp³-hybridized carbons (Fsp3) is 0.447. The zero-order valence-corrected chi connectivity index (χ0v) is 28.1. The lowest BCUT2D eigenvalue weighted by atomic mass is 9.81. The summed E-state index contributed by atoms with van der Waals surface area (Å²) in [6.07, 6.45) is 1.63. The molecule has 1 aliphatic heterocycles. The van der Waals surface area contributed by atoms with Gasteiger partial charge < -0.3 is 30.7 Å². The fourth-order valence-corrected chi connectivity index (χ4v) is 6.51. The van der Waals surface area contributed by atoms with Crippen LogP contribution in [0.25, 0.3) is 0 Å². The zero-order chi connectivity index (χ0) is 33.8. The molecule has 9 nitrogen and oxygen atoms in total. The van der Waals surface area contributed by atoms with Gasteiger partial charge in [0.05, 0.1) is 19.3 Å². The second-order valence-electron chi connectivity index (χ2n) is 12.6. The van der Waals surface area contributed by atoms with E-state index in [1.54, 1.807) is 12.0 Å². The maximum Gasteiger partial charge on any atom is 0.249 e. The van der Waals surface area contributed by atoms with Gasteiger partial charge in [-0.15, -0.1) is 0 Å². The van der Waals surface area contributed by atoms with Crippen LogP contribution in [0, 0.1) is 5.92 Å². The van der Waals surface area contributed by atoms with E-state index in [-0.39, 0.29) is 30.2 Å². The topological polar surface area (TPSA) is 120 Å². The summed E-state index contributed by atoms with van der Waals surface area (Å²) >= 11 is 0. The number of aryl methyl sites for hydroxylation is 1. The van der Waals surface area contributed by atoms with E-state index in [0.29, 0.717) is 45.2 Å². The quantitative estimate of drug-likeness (QED) is 0.177. The van der Waals surface area contributed by atoms with E-state index < -0.39 is 23.7 Å². The van der Waals surface area contributed by atoms with Gasteiger partial charge in [-0.25, -0.2) is 0 Å². The molecule has 0 unspecified atom stereocenters. The van der Waals surface area contributed by atoms with Crippen LogP contribution in [0.15, 0.2) is 84.9 Å². The maximum atomic E-state index is 14.3. The summed E-state index contributed by atoms with van der Waals surface area (Å²) in [4.78, 5) is 42.5. The molecule has 1 saturated heterocycles. The van der Waals surface area contributed by atoms with E-state index in [0.717, 1.165) is 22.4 Å². The van der Waals surface area contributed by atoms with Gasteiger partial charge in [-0.1, -0.05) is 93.1 Å². The average molecular weight is 643 g/mol. The number of hydrogen-bond donors (Lipinski definition) is 4. The molecule has 0 spiro atoms. The summed E-state index contributed by atoms with van der Waals surface area (Å²) in [5.41, 5.74) is 2.00. The van der Waals surface area contributed by atoms with Crippen molar-refractivity contribution < 1.29 is 24.2 Å². The molecule has 3 aromatic rings. The number of aliphatic hydroxyl groups excluding tert-OH is 1. The fourth-order valence-electron chi connectivity index (χ4n) is 6.51. The molecule has 1 heterocycles. The molecular weight excluding hydrogens is 592 g/mol. The minimum atomic E-state index is -1.06. The highest BCUT2D eigenvalue weighted by atomic mass is 16.5. The van der Waals surface area contributed by atoms with Gasteiger partial charge in [-0.2, -0.15) is 0 Å². The van der Waals surface area contributed by atoms with Crippen molar-refractivity contribution in [2.45, 2.75) is 83.1 Å². The summed E-state index contributed by atoms with van der Waals surface area (Å²) < 4.78 is 5.33. The summed E-state index contributed by atoms with van der Waals surface area (Å²) in [7, 11) is 1.63. The van der Waals surface area contributed by atoms with Crippen LogP contribution >= 0.6 is 0 Å². The normalized spacial score (nSPS) is 18.7. The number of nitrogens with one attached hydrogen (secondary N) is 3. The molecule has 0 aromatic heterocycles. The molecule has 4 rings (SSSR count). The Balaban J connectivity index is 1.56. The molecule has 5 atom stereocenters. The Bertz CT molecular complexity index is 1450. The van der Waals surface area contributed by atoms with E-state index in [2.05, 4.69) is 16.0 Å². The standard InChI is InChI=1S/C38H50N4O5/c1-5-27(2)38(41-28(3)43)21-22-42(37(38)46)34(20-19-29-13-8-6-9-14-29)36(45)40-33(24-30-15-10-7-11-16-30)35(44)26-39-25-31-17-12-18-32(23-31)47-4/h6-18,23,27,33-35,39,44H,5,19-22,24-26H2,1-4H3,(H,40,45)(H,41,43)/t27-,33-,34-,35-,38-/m0/s1. The summed E-state index contributed by atoms with van der Waals surface area (Å²) in [5.74, 6) is -0.156. The number of ether oxygens (including phenoxy) is 1. The molecule has 9 heteroatoms. The lowest BCUT2D eigenvalue weighted by Crippen LogP contribution is -2.60. The first kappa shape index (κ1) is 35.6. The molecule has 0 saturated carbocycles. The van der Waals surface area contributed by atoms with Gasteiger partial charge in [0.15, 0.2) is 0 Å². The Kier molecular flexibility index (Phi) is 13.0. The lowest BCUT2D eigenvalue weighted by molar-refractivity contribution is -0.144. The van der Waals surface area contributed by atoms with Crippen LogP contribution < -0.4 is 20.7 Å². The third-order valence-corrected chi connectivity index (χ3v) is 9.38. The Morgan fingerprint density at radius 3 is 2.28 bits per heavy atom. The number of amides is 3. The second-order valence-corrected chi connectivity index (χ2v) is 12.6. The van der Waals surface area contributed by atoms with Crippen molar-refractivity contribution in [2.24, 2.45) is 5.92 Å². The van der Waals surface area contributed by atoms with Crippen LogP contribution in [0.5, 0.6) is 5.75 Å². The minimum Gasteiger partial charge on any atom is -0.497 e. The smallest absolute Gasteiger partial charge is 0.249 e. The van der Waals surface area contributed by atoms with Crippen molar-refractivity contribution >= 4 is 17.7 Å². The van der Waals surface area contributed by atoms with Crippen molar-refractivity contribution in [1.82, 2.24) is 20.9 Å². The highest BCUT2D eigenvalue weighted by molar-refractivity contribution is 5.96. The van der Waals surface area contributed by atoms with Gasteiger partial charge in [0.1, 0.15) is 17.3 Å². The third-order valence-electron chi connectivity index (χ3n) is 9.38. The predicted octanol–water partition coefficient (Wildman–Crippen LogP) is 4.03. The van der Waals surface area contributed by atoms with Gasteiger partial charge in [0.2, 0.25) is 17.7 Å². The number of likely N-dealkylation sites (tertiary alicyclic amines) is 1. The van der Waals surface area contributed by atoms with Crippen LogP contribution in [-0.4, -0.2) is 71.7 Å². The molecule has 1 aliphatic rings. The molecule has 252 valence electrons. The molecule has 3 amide bonds. The Hall–Kier alpha value is -4.21. The van der Waals surface area contributed by atoms with Gasteiger partial charge in [-0.3, -0.25) is 14.4 Å². The van der Waals surface area contributed by atoms with Gasteiger partial charge >= 0.3 is 0 Å². The minimum absolute atomic E-state index is 0.106. The van der Waals surface area contributed by atoms with E-state index >= 15 is 0 Å². The number of aliphatic hydroxyl groups is 1. The maximum absolute atomic E-state index is 14.3. The van der Waals surface area contributed by atoms with E-state index in [1.807, 2.05) is 98.8 Å². The van der Waals surface area contributed by atoms with Crippen molar-refractivity contribution in [2.75, 3.05) is 20.2 Å². The number of hydrogen-bond acceptors (Lipinski definition) is 6. The molecule has 3 aromatic carbocycles. The monoisotopic (exact) mass is 642 g/mol. The van der Waals surface area contributed by atoms with Gasteiger partial charge in [0, 0.05) is 26.6 Å². The van der Waals surface area contributed by atoms with Crippen molar-refractivity contribution in [1.29, 1.82) is 0 Å². The molecule has 0 bridgehead atoms. The second kappa shape index (κ2) is 17.1.